The number of hydrogen-bond donors (Lipinski definition) is 1. The highest BCUT2D eigenvalue weighted by Crippen LogP contribution is 2.32. The number of nitrogens with zero attached hydrogens (tertiary/aromatic N) is 2. The predicted molar refractivity (Wildman–Crippen MR) is 111 cm³/mol. The van der Waals surface area contributed by atoms with Crippen molar-refractivity contribution in [2.24, 2.45) is 5.10 Å². The van der Waals surface area contributed by atoms with Gasteiger partial charge in [0.05, 0.1) is 18.2 Å². The molecule has 0 saturated carbocycles. The third-order valence-corrected chi connectivity index (χ3v) is 5.60. The maximum Gasteiger partial charge on any atom is 0.260 e. The van der Waals surface area contributed by atoms with Gasteiger partial charge in [-0.1, -0.05) is 12.1 Å². The number of aryl methyl sites for hydroxylation is 2. The molecule has 0 radical (unpaired) electrons. The molecule has 0 aliphatic carbocycles. The molecule has 0 saturated heterocycles. The number of amides is 1. The number of anilines is 1. The number of hydrazone groups is 1. The minimum atomic E-state index is -3.65. The summed E-state index contributed by atoms with van der Waals surface area (Å²) in [5.41, 5.74) is 5.41. The topological polar surface area (TPSA) is 97.3 Å². The maximum atomic E-state index is 12.3. The SMILES string of the molecule is Cc1ccc(N(CC(=O)N/N=C\c2cccc3c2OCCO3)S(C)(=O)=O)cc1C. The Morgan fingerprint density at radius 1 is 1.17 bits per heavy atom. The van der Waals surface area contributed by atoms with Gasteiger partial charge in [0, 0.05) is 5.56 Å². The fourth-order valence-electron chi connectivity index (χ4n) is 2.82. The predicted octanol–water partition coefficient (Wildman–Crippen LogP) is 1.99. The monoisotopic (exact) mass is 417 g/mol. The van der Waals surface area contributed by atoms with E-state index < -0.39 is 15.9 Å². The lowest BCUT2D eigenvalue weighted by atomic mass is 10.1. The number of rotatable bonds is 6. The third kappa shape index (κ3) is 5.05. The van der Waals surface area contributed by atoms with Crippen molar-refractivity contribution in [1.29, 1.82) is 0 Å². The number of para-hydroxylation sites is 1. The van der Waals surface area contributed by atoms with Gasteiger partial charge in [0.1, 0.15) is 19.8 Å². The van der Waals surface area contributed by atoms with Crippen molar-refractivity contribution < 1.29 is 22.7 Å². The number of hydrogen-bond acceptors (Lipinski definition) is 6. The number of carbonyl (C=O) groups excluding carboxylic acids is 1. The van der Waals surface area contributed by atoms with Crippen LogP contribution in [-0.4, -0.2) is 46.6 Å². The van der Waals surface area contributed by atoms with Gasteiger partial charge in [0.2, 0.25) is 10.0 Å². The van der Waals surface area contributed by atoms with Crippen LogP contribution < -0.4 is 19.2 Å². The molecule has 0 aromatic heterocycles. The van der Waals surface area contributed by atoms with E-state index in [1.165, 1.54) is 6.21 Å². The molecule has 2 aromatic rings. The number of fused-ring (bicyclic) bond motifs is 1. The van der Waals surface area contributed by atoms with Gasteiger partial charge in [-0.15, -0.1) is 0 Å². The molecule has 1 N–H and O–H groups in total. The van der Waals surface area contributed by atoms with Gasteiger partial charge in [0.15, 0.2) is 11.5 Å². The number of sulfonamides is 1. The summed E-state index contributed by atoms with van der Waals surface area (Å²) >= 11 is 0. The number of benzene rings is 2. The maximum absolute atomic E-state index is 12.3. The van der Waals surface area contributed by atoms with E-state index in [0.717, 1.165) is 21.7 Å². The number of ether oxygens (including phenoxy) is 2. The fourth-order valence-corrected chi connectivity index (χ4v) is 3.67. The molecular formula is C20H23N3O5S. The normalized spacial score (nSPS) is 13.3. The first-order valence-corrected chi connectivity index (χ1v) is 10.9. The largest absolute Gasteiger partial charge is 0.486 e. The van der Waals surface area contributed by atoms with E-state index >= 15 is 0 Å². The van der Waals surface area contributed by atoms with Crippen molar-refractivity contribution >= 4 is 27.8 Å². The second kappa shape index (κ2) is 8.52. The van der Waals surface area contributed by atoms with E-state index in [9.17, 15) is 13.2 Å². The lowest BCUT2D eigenvalue weighted by Crippen LogP contribution is -2.39. The molecular weight excluding hydrogens is 394 g/mol. The molecule has 2 aromatic carbocycles. The summed E-state index contributed by atoms with van der Waals surface area (Å²) in [4.78, 5) is 12.3. The Balaban J connectivity index is 1.71. The quantitative estimate of drug-likeness (QED) is 0.573. The first-order chi connectivity index (χ1) is 13.8. The van der Waals surface area contributed by atoms with E-state index in [1.807, 2.05) is 19.9 Å². The molecule has 0 fully saturated rings. The molecule has 1 aliphatic rings. The van der Waals surface area contributed by atoms with Crippen LogP contribution in [0.4, 0.5) is 5.69 Å². The Labute approximate surface area is 170 Å². The Morgan fingerprint density at radius 2 is 1.93 bits per heavy atom. The summed E-state index contributed by atoms with van der Waals surface area (Å²) in [5, 5.41) is 3.93. The molecule has 0 spiro atoms. The van der Waals surface area contributed by atoms with E-state index in [1.54, 1.807) is 30.3 Å². The number of nitrogens with one attached hydrogen (secondary N) is 1. The highest BCUT2D eigenvalue weighted by Gasteiger charge is 2.21. The van der Waals surface area contributed by atoms with Crippen LogP contribution in [0.5, 0.6) is 11.5 Å². The first-order valence-electron chi connectivity index (χ1n) is 9.01. The van der Waals surface area contributed by atoms with E-state index in [0.29, 0.717) is 36.0 Å². The zero-order valence-corrected chi connectivity index (χ0v) is 17.3. The van der Waals surface area contributed by atoms with E-state index in [-0.39, 0.29) is 6.54 Å². The molecule has 29 heavy (non-hydrogen) atoms. The minimum absolute atomic E-state index is 0.384. The van der Waals surface area contributed by atoms with Crippen LogP contribution >= 0.6 is 0 Å². The van der Waals surface area contributed by atoms with Crippen molar-refractivity contribution in [2.75, 3.05) is 30.3 Å². The van der Waals surface area contributed by atoms with Crippen molar-refractivity contribution in [1.82, 2.24) is 5.43 Å². The zero-order valence-electron chi connectivity index (χ0n) is 16.5. The van der Waals surface area contributed by atoms with Crippen molar-refractivity contribution in [2.45, 2.75) is 13.8 Å². The van der Waals surface area contributed by atoms with Crippen molar-refractivity contribution in [3.8, 4) is 11.5 Å². The molecule has 1 amide bonds. The summed E-state index contributed by atoms with van der Waals surface area (Å²) in [5.74, 6) is 0.612. The minimum Gasteiger partial charge on any atom is -0.486 e. The molecule has 0 unspecified atom stereocenters. The van der Waals surface area contributed by atoms with Crippen LogP contribution in [0.3, 0.4) is 0 Å². The summed E-state index contributed by atoms with van der Waals surface area (Å²) in [6.07, 6.45) is 2.50. The van der Waals surface area contributed by atoms with E-state index in [4.69, 9.17) is 9.47 Å². The van der Waals surface area contributed by atoms with Crippen molar-refractivity contribution in [3.63, 3.8) is 0 Å². The van der Waals surface area contributed by atoms with Crippen LogP contribution in [0.25, 0.3) is 0 Å². The Hall–Kier alpha value is -3.07. The second-order valence-corrected chi connectivity index (χ2v) is 8.61. The molecule has 1 aliphatic heterocycles. The highest BCUT2D eigenvalue weighted by molar-refractivity contribution is 7.92. The standard InChI is InChI=1S/C20H23N3O5S/c1-14-7-8-17(11-15(14)2)23(29(3,25)26)13-19(24)22-21-12-16-5-4-6-18-20(16)28-10-9-27-18/h4-8,11-12H,9-10,13H2,1-3H3,(H,22,24)/b21-12-. The lowest BCUT2D eigenvalue weighted by Gasteiger charge is -2.22. The molecule has 3 rings (SSSR count). The molecule has 1 heterocycles. The zero-order chi connectivity index (χ0) is 21.0. The average molecular weight is 417 g/mol. The van der Waals surface area contributed by atoms with Crippen LogP contribution in [0.2, 0.25) is 0 Å². The van der Waals surface area contributed by atoms with Gasteiger partial charge in [-0.3, -0.25) is 9.10 Å². The van der Waals surface area contributed by atoms with Crippen molar-refractivity contribution in [3.05, 3.63) is 53.1 Å². The fraction of sp³-hybridized carbons (Fsp3) is 0.300. The summed E-state index contributed by atoms with van der Waals surface area (Å²) < 4.78 is 36.5. The second-order valence-electron chi connectivity index (χ2n) is 6.70. The summed E-state index contributed by atoms with van der Waals surface area (Å²) in [7, 11) is -3.65. The highest BCUT2D eigenvalue weighted by atomic mass is 32.2. The van der Waals surface area contributed by atoms with Gasteiger partial charge in [-0.2, -0.15) is 5.10 Å². The molecule has 8 nitrogen and oxygen atoms in total. The van der Waals surface area contributed by atoms with E-state index in [2.05, 4.69) is 10.5 Å². The van der Waals surface area contributed by atoms with Gasteiger partial charge in [0.25, 0.3) is 5.91 Å². The third-order valence-electron chi connectivity index (χ3n) is 4.46. The number of carbonyl (C=O) groups is 1. The average Bonchev–Trinajstić information content (AvgIpc) is 2.68. The molecule has 9 heteroatoms. The van der Waals surface area contributed by atoms with Gasteiger partial charge in [-0.25, -0.2) is 13.8 Å². The molecule has 0 bridgehead atoms. The first kappa shape index (κ1) is 20.7. The Bertz CT molecular complexity index is 1050. The summed E-state index contributed by atoms with van der Waals surface area (Å²) in [6.45, 7) is 4.34. The lowest BCUT2D eigenvalue weighted by molar-refractivity contribution is -0.119. The van der Waals surface area contributed by atoms with Gasteiger partial charge in [-0.05, 0) is 49.2 Å². The van der Waals surface area contributed by atoms with Crippen LogP contribution in [0.1, 0.15) is 16.7 Å². The van der Waals surface area contributed by atoms with Gasteiger partial charge < -0.3 is 9.47 Å². The van der Waals surface area contributed by atoms with Crippen LogP contribution in [0, 0.1) is 13.8 Å². The Kier molecular flexibility index (Phi) is 6.07. The van der Waals surface area contributed by atoms with Gasteiger partial charge >= 0.3 is 0 Å². The summed E-state index contributed by atoms with van der Waals surface area (Å²) in [6, 6.07) is 10.6. The molecule has 0 atom stereocenters. The van der Waals surface area contributed by atoms with Crippen LogP contribution in [0.15, 0.2) is 41.5 Å². The molecule has 154 valence electrons. The smallest absolute Gasteiger partial charge is 0.260 e. The van der Waals surface area contributed by atoms with Crippen LogP contribution in [-0.2, 0) is 14.8 Å². The Morgan fingerprint density at radius 3 is 2.66 bits per heavy atom.